The topological polar surface area (TPSA) is 66.5 Å². The van der Waals surface area contributed by atoms with Crippen molar-refractivity contribution >= 4 is 22.6 Å². The first-order chi connectivity index (χ1) is 6.06. The number of hydrogen-bond donors (Lipinski definition) is 3. The van der Waals surface area contributed by atoms with Crippen molar-refractivity contribution in [1.29, 1.82) is 0 Å². The third kappa shape index (κ3) is 2.32. The quantitative estimate of drug-likeness (QED) is 0.720. The fourth-order valence-corrected chi connectivity index (χ4v) is 1.95. The average Bonchev–Trinajstić information content (AvgIpc) is 2.10. The zero-order valence-electron chi connectivity index (χ0n) is 7.29. The SMILES string of the molecule is Cc1cc(I)c(O)c([C@@H](N)CO)c1. The van der Waals surface area contributed by atoms with Crippen molar-refractivity contribution in [3.05, 3.63) is 26.8 Å². The standard InChI is InChI=1S/C9H12INO2/c1-5-2-6(8(11)4-12)9(13)7(10)3-5/h2-3,8,12-13H,4,11H2,1H3/t8-/m0/s1. The van der Waals surface area contributed by atoms with Gasteiger partial charge in [-0.25, -0.2) is 0 Å². The van der Waals surface area contributed by atoms with Gasteiger partial charge in [-0.1, -0.05) is 6.07 Å². The molecule has 72 valence electrons. The summed E-state index contributed by atoms with van der Waals surface area (Å²) in [7, 11) is 0. The minimum atomic E-state index is -0.506. The molecule has 0 saturated carbocycles. The molecule has 1 aromatic rings. The first-order valence-electron chi connectivity index (χ1n) is 3.91. The summed E-state index contributed by atoms with van der Waals surface area (Å²) in [4.78, 5) is 0. The van der Waals surface area contributed by atoms with Crippen LogP contribution in [0.25, 0.3) is 0 Å². The van der Waals surface area contributed by atoms with Gasteiger partial charge in [0.25, 0.3) is 0 Å². The van der Waals surface area contributed by atoms with Crippen LogP contribution in [0.2, 0.25) is 0 Å². The van der Waals surface area contributed by atoms with Crippen LogP contribution in [0.5, 0.6) is 5.75 Å². The molecule has 0 unspecified atom stereocenters. The fourth-order valence-electron chi connectivity index (χ4n) is 1.14. The maximum absolute atomic E-state index is 9.62. The molecule has 0 aliphatic heterocycles. The zero-order chi connectivity index (χ0) is 10.0. The van der Waals surface area contributed by atoms with E-state index in [0.29, 0.717) is 5.56 Å². The van der Waals surface area contributed by atoms with E-state index < -0.39 is 6.04 Å². The van der Waals surface area contributed by atoms with E-state index in [1.54, 1.807) is 6.07 Å². The van der Waals surface area contributed by atoms with E-state index in [2.05, 4.69) is 0 Å². The lowest BCUT2D eigenvalue weighted by Gasteiger charge is -2.12. The number of aliphatic hydroxyl groups excluding tert-OH is 1. The van der Waals surface area contributed by atoms with Gasteiger partial charge in [0.05, 0.1) is 16.2 Å². The van der Waals surface area contributed by atoms with Crippen molar-refractivity contribution in [3.63, 3.8) is 0 Å². The van der Waals surface area contributed by atoms with Crippen LogP contribution in [0.1, 0.15) is 17.2 Å². The summed E-state index contributed by atoms with van der Waals surface area (Å²) in [6.45, 7) is 1.77. The summed E-state index contributed by atoms with van der Waals surface area (Å²) in [5.41, 5.74) is 7.25. The Morgan fingerprint density at radius 1 is 1.54 bits per heavy atom. The van der Waals surface area contributed by atoms with Crippen LogP contribution in [0.4, 0.5) is 0 Å². The molecule has 0 aliphatic rings. The molecule has 0 saturated heterocycles. The van der Waals surface area contributed by atoms with Gasteiger partial charge in [-0.3, -0.25) is 0 Å². The Morgan fingerprint density at radius 2 is 2.15 bits per heavy atom. The molecular formula is C9H12INO2. The highest BCUT2D eigenvalue weighted by atomic mass is 127. The van der Waals surface area contributed by atoms with Crippen LogP contribution in [-0.4, -0.2) is 16.8 Å². The number of aliphatic hydroxyl groups is 1. The number of hydrogen-bond acceptors (Lipinski definition) is 3. The van der Waals surface area contributed by atoms with Crippen molar-refractivity contribution in [2.45, 2.75) is 13.0 Å². The summed E-state index contributed by atoms with van der Waals surface area (Å²) >= 11 is 2.04. The van der Waals surface area contributed by atoms with Crippen LogP contribution in [-0.2, 0) is 0 Å². The van der Waals surface area contributed by atoms with Crippen LogP contribution < -0.4 is 5.73 Å². The van der Waals surface area contributed by atoms with Gasteiger partial charge >= 0.3 is 0 Å². The second-order valence-electron chi connectivity index (χ2n) is 2.97. The van der Waals surface area contributed by atoms with Crippen molar-refractivity contribution in [2.24, 2.45) is 5.73 Å². The average molecular weight is 293 g/mol. The van der Waals surface area contributed by atoms with Gasteiger partial charge in [-0.05, 0) is 41.1 Å². The molecule has 0 aliphatic carbocycles. The van der Waals surface area contributed by atoms with E-state index in [4.69, 9.17) is 10.8 Å². The van der Waals surface area contributed by atoms with Crippen LogP contribution in [0, 0.1) is 10.5 Å². The van der Waals surface area contributed by atoms with Gasteiger partial charge in [0.1, 0.15) is 5.75 Å². The molecular weight excluding hydrogens is 281 g/mol. The lowest BCUT2D eigenvalue weighted by molar-refractivity contribution is 0.265. The van der Waals surface area contributed by atoms with Crippen LogP contribution in [0.3, 0.4) is 0 Å². The molecule has 0 fully saturated rings. The Labute approximate surface area is 90.7 Å². The summed E-state index contributed by atoms with van der Waals surface area (Å²) in [6.07, 6.45) is 0. The zero-order valence-corrected chi connectivity index (χ0v) is 9.45. The molecule has 0 bridgehead atoms. The molecule has 0 spiro atoms. The number of nitrogens with two attached hydrogens (primary N) is 1. The van der Waals surface area contributed by atoms with Gasteiger partial charge in [0, 0.05) is 5.56 Å². The predicted molar refractivity (Wildman–Crippen MR) is 59.6 cm³/mol. The molecule has 3 nitrogen and oxygen atoms in total. The second-order valence-corrected chi connectivity index (χ2v) is 4.14. The van der Waals surface area contributed by atoms with Crippen molar-refractivity contribution in [1.82, 2.24) is 0 Å². The third-order valence-electron chi connectivity index (χ3n) is 1.83. The minimum absolute atomic E-state index is 0.160. The fraction of sp³-hybridized carbons (Fsp3) is 0.333. The van der Waals surface area contributed by atoms with Gasteiger partial charge in [0.15, 0.2) is 0 Å². The van der Waals surface area contributed by atoms with Crippen molar-refractivity contribution in [2.75, 3.05) is 6.61 Å². The number of aryl methyl sites for hydroxylation is 1. The second kappa shape index (κ2) is 4.26. The number of halogens is 1. The van der Waals surface area contributed by atoms with E-state index in [1.807, 2.05) is 35.6 Å². The normalized spacial score (nSPS) is 12.9. The molecule has 4 N–H and O–H groups in total. The molecule has 0 heterocycles. The Hall–Kier alpha value is -0.330. The molecule has 1 atom stereocenters. The first kappa shape index (κ1) is 10.7. The highest BCUT2D eigenvalue weighted by Gasteiger charge is 2.12. The number of phenolic OH excluding ortho intramolecular Hbond substituents is 1. The Morgan fingerprint density at radius 3 is 2.69 bits per heavy atom. The molecule has 1 aromatic carbocycles. The van der Waals surface area contributed by atoms with Gasteiger partial charge < -0.3 is 15.9 Å². The van der Waals surface area contributed by atoms with Crippen LogP contribution >= 0.6 is 22.6 Å². The lowest BCUT2D eigenvalue weighted by Crippen LogP contribution is -2.15. The summed E-state index contributed by atoms with van der Waals surface area (Å²) < 4.78 is 0.761. The van der Waals surface area contributed by atoms with Gasteiger partial charge in [-0.15, -0.1) is 0 Å². The number of phenols is 1. The van der Waals surface area contributed by atoms with E-state index >= 15 is 0 Å². The minimum Gasteiger partial charge on any atom is -0.506 e. The first-order valence-corrected chi connectivity index (χ1v) is 4.99. The van der Waals surface area contributed by atoms with Crippen molar-refractivity contribution < 1.29 is 10.2 Å². The largest absolute Gasteiger partial charge is 0.506 e. The number of rotatable bonds is 2. The van der Waals surface area contributed by atoms with Crippen molar-refractivity contribution in [3.8, 4) is 5.75 Å². The van der Waals surface area contributed by atoms with E-state index in [9.17, 15) is 5.11 Å². The maximum atomic E-state index is 9.62. The summed E-state index contributed by atoms with van der Waals surface area (Å²) in [5, 5.41) is 18.5. The molecule has 4 heteroatoms. The highest BCUT2D eigenvalue weighted by Crippen LogP contribution is 2.29. The number of benzene rings is 1. The van der Waals surface area contributed by atoms with E-state index in [0.717, 1.165) is 9.13 Å². The number of aromatic hydroxyl groups is 1. The maximum Gasteiger partial charge on any atom is 0.133 e. The lowest BCUT2D eigenvalue weighted by atomic mass is 10.0. The Bertz CT molecular complexity index is 315. The summed E-state index contributed by atoms with van der Waals surface area (Å²) in [6, 6.07) is 3.15. The predicted octanol–water partition coefficient (Wildman–Crippen LogP) is 1.30. The van der Waals surface area contributed by atoms with Gasteiger partial charge in [-0.2, -0.15) is 0 Å². The molecule has 1 rings (SSSR count). The smallest absolute Gasteiger partial charge is 0.133 e. The van der Waals surface area contributed by atoms with E-state index in [1.165, 1.54) is 0 Å². The highest BCUT2D eigenvalue weighted by molar-refractivity contribution is 14.1. The Kier molecular flexibility index (Phi) is 3.52. The molecule has 13 heavy (non-hydrogen) atoms. The summed E-state index contributed by atoms with van der Waals surface area (Å²) in [5.74, 6) is 0.174. The Balaban J connectivity index is 3.20. The monoisotopic (exact) mass is 293 g/mol. The van der Waals surface area contributed by atoms with Crippen LogP contribution in [0.15, 0.2) is 12.1 Å². The molecule has 0 amide bonds. The van der Waals surface area contributed by atoms with E-state index in [-0.39, 0.29) is 12.4 Å². The molecule has 0 aromatic heterocycles. The molecule has 0 radical (unpaired) electrons. The van der Waals surface area contributed by atoms with Gasteiger partial charge in [0.2, 0.25) is 0 Å². The third-order valence-corrected chi connectivity index (χ3v) is 2.66.